The first-order chi connectivity index (χ1) is 7.51. The van der Waals surface area contributed by atoms with Crippen LogP contribution in [0.4, 0.5) is 0 Å². The summed E-state index contributed by atoms with van der Waals surface area (Å²) in [7, 11) is 1.66. The average Bonchev–Trinajstić information content (AvgIpc) is 2.23. The van der Waals surface area contributed by atoms with Crippen molar-refractivity contribution in [2.24, 2.45) is 5.92 Å². The average molecular weight is 217 g/mol. The Bertz CT molecular complexity index is 415. The summed E-state index contributed by atoms with van der Waals surface area (Å²) >= 11 is 0. The highest BCUT2D eigenvalue weighted by atomic mass is 16.5. The lowest BCUT2D eigenvalue weighted by atomic mass is 9.87. The molecule has 2 nitrogen and oxygen atoms in total. The minimum atomic E-state index is -0.103. The van der Waals surface area contributed by atoms with Gasteiger partial charge in [0.1, 0.15) is 5.75 Å². The van der Waals surface area contributed by atoms with Crippen molar-refractivity contribution < 1.29 is 4.74 Å². The molecule has 0 fully saturated rings. The zero-order valence-corrected chi connectivity index (χ0v) is 10.7. The summed E-state index contributed by atoms with van der Waals surface area (Å²) in [5.41, 5.74) is 3.40. The van der Waals surface area contributed by atoms with E-state index in [0.29, 0.717) is 5.92 Å². The van der Waals surface area contributed by atoms with Gasteiger partial charge < -0.3 is 4.74 Å². The molecular weight excluding hydrogens is 198 g/mol. The predicted molar refractivity (Wildman–Crippen MR) is 65.7 cm³/mol. The molecule has 0 saturated carbocycles. The van der Waals surface area contributed by atoms with Crippen LogP contribution in [0, 0.1) is 31.1 Å². The molecule has 0 bridgehead atoms. The van der Waals surface area contributed by atoms with Crippen LogP contribution in [0.25, 0.3) is 0 Å². The number of ether oxygens (including phenoxy) is 1. The highest BCUT2D eigenvalue weighted by Gasteiger charge is 2.20. The first-order valence-corrected chi connectivity index (χ1v) is 5.56. The lowest BCUT2D eigenvalue weighted by molar-refractivity contribution is 0.403. The molecule has 1 rings (SSSR count). The summed E-state index contributed by atoms with van der Waals surface area (Å²) in [4.78, 5) is 0. The normalized spacial score (nSPS) is 12.3. The molecule has 1 unspecified atom stereocenters. The Balaban J connectivity index is 3.31. The first-order valence-electron chi connectivity index (χ1n) is 5.56. The van der Waals surface area contributed by atoms with Crippen molar-refractivity contribution in [1.82, 2.24) is 0 Å². The molecule has 0 spiro atoms. The highest BCUT2D eigenvalue weighted by Crippen LogP contribution is 2.33. The van der Waals surface area contributed by atoms with Gasteiger partial charge in [0, 0.05) is 5.56 Å². The van der Waals surface area contributed by atoms with Crippen LogP contribution in [0.2, 0.25) is 0 Å². The maximum absolute atomic E-state index is 9.22. The Morgan fingerprint density at radius 2 is 1.75 bits per heavy atom. The number of nitrogens with zero attached hydrogens (tertiary/aromatic N) is 1. The lowest BCUT2D eigenvalue weighted by Gasteiger charge is -2.18. The van der Waals surface area contributed by atoms with E-state index in [1.54, 1.807) is 7.11 Å². The minimum Gasteiger partial charge on any atom is -0.496 e. The van der Waals surface area contributed by atoms with Crippen molar-refractivity contribution in [3.63, 3.8) is 0 Å². The zero-order valence-electron chi connectivity index (χ0n) is 10.7. The second-order valence-electron chi connectivity index (χ2n) is 4.53. The van der Waals surface area contributed by atoms with Gasteiger partial charge in [0.2, 0.25) is 0 Å². The molecule has 0 aliphatic rings. The molecule has 1 aromatic rings. The topological polar surface area (TPSA) is 33.0 Å². The van der Waals surface area contributed by atoms with Crippen molar-refractivity contribution in [1.29, 1.82) is 5.26 Å². The molecule has 86 valence electrons. The molecule has 0 aromatic heterocycles. The van der Waals surface area contributed by atoms with E-state index in [-0.39, 0.29) is 5.92 Å². The zero-order chi connectivity index (χ0) is 12.3. The summed E-state index contributed by atoms with van der Waals surface area (Å²) in [5.74, 6) is 1.01. The Kier molecular flexibility index (Phi) is 3.95. The van der Waals surface area contributed by atoms with E-state index in [1.165, 1.54) is 11.1 Å². The number of rotatable bonds is 3. The molecule has 0 saturated heterocycles. The maximum atomic E-state index is 9.22. The molecule has 0 heterocycles. The molecule has 16 heavy (non-hydrogen) atoms. The van der Waals surface area contributed by atoms with Gasteiger partial charge in [-0.15, -0.1) is 0 Å². The molecule has 1 aromatic carbocycles. The van der Waals surface area contributed by atoms with Gasteiger partial charge in [0.25, 0.3) is 0 Å². The van der Waals surface area contributed by atoms with Gasteiger partial charge in [-0.2, -0.15) is 5.26 Å². The third kappa shape index (κ3) is 2.36. The molecule has 0 aliphatic carbocycles. The second kappa shape index (κ2) is 5.03. The Morgan fingerprint density at radius 3 is 2.19 bits per heavy atom. The molecule has 1 atom stereocenters. The quantitative estimate of drug-likeness (QED) is 0.775. The first kappa shape index (κ1) is 12.6. The van der Waals surface area contributed by atoms with Crippen molar-refractivity contribution in [2.45, 2.75) is 33.6 Å². The van der Waals surface area contributed by atoms with E-state index in [2.05, 4.69) is 39.8 Å². The minimum absolute atomic E-state index is 0.103. The molecule has 0 radical (unpaired) electrons. The smallest absolute Gasteiger partial charge is 0.123 e. The van der Waals surface area contributed by atoms with Crippen molar-refractivity contribution in [2.75, 3.05) is 7.11 Å². The SMILES string of the molecule is COc1cc(C)c(C)cc1C(C#N)C(C)C. The number of benzene rings is 1. The van der Waals surface area contributed by atoms with Gasteiger partial charge in [0.05, 0.1) is 19.1 Å². The summed E-state index contributed by atoms with van der Waals surface area (Å²) < 4.78 is 5.36. The van der Waals surface area contributed by atoms with E-state index in [1.807, 2.05) is 6.07 Å². The van der Waals surface area contributed by atoms with E-state index in [0.717, 1.165) is 11.3 Å². The number of methoxy groups -OCH3 is 1. The van der Waals surface area contributed by atoms with Crippen molar-refractivity contribution in [3.8, 4) is 11.8 Å². The van der Waals surface area contributed by atoms with Crippen LogP contribution in [0.15, 0.2) is 12.1 Å². The molecule has 2 heteroatoms. The Labute approximate surface area is 97.9 Å². The largest absolute Gasteiger partial charge is 0.496 e. The molecule has 0 amide bonds. The lowest BCUT2D eigenvalue weighted by Crippen LogP contribution is -2.07. The fourth-order valence-corrected chi connectivity index (χ4v) is 1.81. The number of aryl methyl sites for hydroxylation is 2. The van der Waals surface area contributed by atoms with Crippen LogP contribution < -0.4 is 4.74 Å². The predicted octanol–water partition coefficient (Wildman–Crippen LogP) is 3.58. The van der Waals surface area contributed by atoms with Gasteiger partial charge in [-0.25, -0.2) is 0 Å². The van der Waals surface area contributed by atoms with E-state index in [4.69, 9.17) is 4.74 Å². The van der Waals surface area contributed by atoms with Crippen LogP contribution in [0.3, 0.4) is 0 Å². The fraction of sp³-hybridized carbons (Fsp3) is 0.500. The molecular formula is C14H19NO. The summed E-state index contributed by atoms with van der Waals surface area (Å²) in [6, 6.07) is 6.44. The number of hydrogen-bond donors (Lipinski definition) is 0. The summed E-state index contributed by atoms with van der Waals surface area (Å²) in [5, 5.41) is 9.22. The van der Waals surface area contributed by atoms with Crippen LogP contribution in [-0.2, 0) is 0 Å². The molecule has 0 aliphatic heterocycles. The molecule has 0 N–H and O–H groups in total. The summed E-state index contributed by atoms with van der Waals surface area (Å²) in [6.45, 7) is 8.23. The maximum Gasteiger partial charge on any atom is 0.123 e. The summed E-state index contributed by atoms with van der Waals surface area (Å²) in [6.07, 6.45) is 0. The Hall–Kier alpha value is -1.49. The van der Waals surface area contributed by atoms with Crippen LogP contribution in [0.5, 0.6) is 5.75 Å². The van der Waals surface area contributed by atoms with E-state index >= 15 is 0 Å². The van der Waals surface area contributed by atoms with Crippen molar-refractivity contribution >= 4 is 0 Å². The van der Waals surface area contributed by atoms with Crippen LogP contribution >= 0.6 is 0 Å². The van der Waals surface area contributed by atoms with Crippen LogP contribution in [0.1, 0.15) is 36.5 Å². The number of hydrogen-bond acceptors (Lipinski definition) is 2. The van der Waals surface area contributed by atoms with Gasteiger partial charge in [-0.3, -0.25) is 0 Å². The number of nitriles is 1. The standard InChI is InChI=1S/C14H19NO/c1-9(2)13(8-15)12-6-10(3)11(4)7-14(12)16-5/h6-7,9,13H,1-5H3. The third-order valence-electron chi connectivity index (χ3n) is 2.99. The monoisotopic (exact) mass is 217 g/mol. The fourth-order valence-electron chi connectivity index (χ4n) is 1.81. The van der Waals surface area contributed by atoms with Gasteiger partial charge >= 0.3 is 0 Å². The highest BCUT2D eigenvalue weighted by molar-refractivity contribution is 5.45. The van der Waals surface area contributed by atoms with Crippen LogP contribution in [-0.4, -0.2) is 7.11 Å². The van der Waals surface area contributed by atoms with Gasteiger partial charge in [0.15, 0.2) is 0 Å². The van der Waals surface area contributed by atoms with Crippen molar-refractivity contribution in [3.05, 3.63) is 28.8 Å². The van der Waals surface area contributed by atoms with Gasteiger partial charge in [-0.1, -0.05) is 19.9 Å². The second-order valence-corrected chi connectivity index (χ2v) is 4.53. The Morgan fingerprint density at radius 1 is 1.19 bits per heavy atom. The van der Waals surface area contributed by atoms with Gasteiger partial charge in [-0.05, 0) is 37.0 Å². The third-order valence-corrected chi connectivity index (χ3v) is 2.99. The van der Waals surface area contributed by atoms with E-state index < -0.39 is 0 Å². The van der Waals surface area contributed by atoms with E-state index in [9.17, 15) is 5.26 Å².